The molecule has 27 heavy (non-hydrogen) atoms. The van der Waals surface area contributed by atoms with Crippen LogP contribution in [0.25, 0.3) is 10.9 Å². The van der Waals surface area contributed by atoms with Crippen molar-refractivity contribution in [2.45, 2.75) is 10.9 Å². The number of rotatable bonds is 4. The van der Waals surface area contributed by atoms with Gasteiger partial charge in [0.2, 0.25) is 10.0 Å². The second-order valence-corrected chi connectivity index (χ2v) is 8.26. The summed E-state index contributed by atoms with van der Waals surface area (Å²) in [6, 6.07) is 16.0. The van der Waals surface area contributed by atoms with Crippen molar-refractivity contribution in [2.75, 3.05) is 26.7 Å². The number of para-hydroxylation sites is 1. The molecule has 3 aromatic rings. The molecule has 0 spiro atoms. The zero-order chi connectivity index (χ0) is 18.9. The van der Waals surface area contributed by atoms with Gasteiger partial charge in [0, 0.05) is 36.8 Å². The normalized spacial score (nSPS) is 18.5. The number of fused-ring (bicyclic) bond motifs is 1. The largest absolute Gasteiger partial charge is 0.496 e. The minimum absolute atomic E-state index is 0.287. The standard InChI is InChI=1S/C20H21N3O3S/c1-26-19-9-3-2-6-16(19)18-14-21-12-13-23(18)27(24,25)20-10-4-8-17-15(20)7-5-11-22-17/h2-11,18,21H,12-14H2,1H3. The molecule has 0 bridgehead atoms. The highest BCUT2D eigenvalue weighted by Gasteiger charge is 2.36. The fourth-order valence-electron chi connectivity index (χ4n) is 3.61. The molecule has 7 heteroatoms. The molecule has 0 aliphatic carbocycles. The maximum Gasteiger partial charge on any atom is 0.244 e. The topological polar surface area (TPSA) is 71.5 Å². The molecule has 2 heterocycles. The lowest BCUT2D eigenvalue weighted by molar-refractivity contribution is 0.265. The van der Waals surface area contributed by atoms with Crippen LogP contribution >= 0.6 is 0 Å². The summed E-state index contributed by atoms with van der Waals surface area (Å²) in [4.78, 5) is 4.58. The molecular formula is C20H21N3O3S. The van der Waals surface area contributed by atoms with Crippen LogP contribution in [-0.4, -0.2) is 44.5 Å². The van der Waals surface area contributed by atoms with Crippen LogP contribution in [0.1, 0.15) is 11.6 Å². The van der Waals surface area contributed by atoms with Crippen LogP contribution in [0.15, 0.2) is 65.7 Å². The van der Waals surface area contributed by atoms with Crippen molar-refractivity contribution in [3.05, 3.63) is 66.4 Å². The molecule has 2 aromatic carbocycles. The Bertz CT molecular complexity index is 1060. The second-order valence-electron chi connectivity index (χ2n) is 6.40. The van der Waals surface area contributed by atoms with Crippen molar-refractivity contribution in [1.29, 1.82) is 0 Å². The summed E-state index contributed by atoms with van der Waals surface area (Å²) < 4.78 is 34.3. The fraction of sp³-hybridized carbons (Fsp3) is 0.250. The zero-order valence-corrected chi connectivity index (χ0v) is 15.8. The summed E-state index contributed by atoms with van der Waals surface area (Å²) in [7, 11) is -2.11. The van der Waals surface area contributed by atoms with E-state index in [0.29, 0.717) is 36.3 Å². The van der Waals surface area contributed by atoms with E-state index in [4.69, 9.17) is 4.74 Å². The highest BCUT2D eigenvalue weighted by atomic mass is 32.2. The Hall–Kier alpha value is -2.48. The van der Waals surface area contributed by atoms with Crippen LogP contribution in [0.2, 0.25) is 0 Å². The minimum Gasteiger partial charge on any atom is -0.496 e. The van der Waals surface area contributed by atoms with Gasteiger partial charge in [-0.05, 0) is 30.3 Å². The number of nitrogens with one attached hydrogen (secondary N) is 1. The Morgan fingerprint density at radius 2 is 1.96 bits per heavy atom. The maximum absolute atomic E-state index is 13.6. The maximum atomic E-state index is 13.6. The van der Waals surface area contributed by atoms with Crippen LogP contribution in [0.5, 0.6) is 5.75 Å². The molecule has 140 valence electrons. The Labute approximate surface area is 158 Å². The quantitative estimate of drug-likeness (QED) is 0.750. The fourth-order valence-corrected chi connectivity index (χ4v) is 5.42. The van der Waals surface area contributed by atoms with Crippen LogP contribution in [-0.2, 0) is 10.0 Å². The molecule has 1 aromatic heterocycles. The molecule has 1 unspecified atom stereocenters. The number of methoxy groups -OCH3 is 1. The van der Waals surface area contributed by atoms with Gasteiger partial charge in [-0.15, -0.1) is 0 Å². The molecule has 1 N–H and O–H groups in total. The number of sulfonamides is 1. The first-order valence-electron chi connectivity index (χ1n) is 8.82. The minimum atomic E-state index is -3.71. The Kier molecular flexibility index (Phi) is 4.82. The number of nitrogens with zero attached hydrogens (tertiary/aromatic N) is 2. The van der Waals surface area contributed by atoms with Crippen molar-refractivity contribution in [3.8, 4) is 5.75 Å². The van der Waals surface area contributed by atoms with E-state index >= 15 is 0 Å². The van der Waals surface area contributed by atoms with E-state index in [-0.39, 0.29) is 10.9 Å². The third-order valence-corrected chi connectivity index (χ3v) is 6.85. The second kappa shape index (κ2) is 7.26. The van der Waals surface area contributed by atoms with Gasteiger partial charge < -0.3 is 10.1 Å². The van der Waals surface area contributed by atoms with E-state index < -0.39 is 10.0 Å². The lowest BCUT2D eigenvalue weighted by Crippen LogP contribution is -2.48. The number of benzene rings is 2. The number of ether oxygens (including phenoxy) is 1. The number of aromatic nitrogens is 1. The van der Waals surface area contributed by atoms with Gasteiger partial charge in [0.25, 0.3) is 0 Å². The van der Waals surface area contributed by atoms with Gasteiger partial charge in [-0.2, -0.15) is 4.31 Å². The van der Waals surface area contributed by atoms with E-state index in [1.165, 1.54) is 0 Å². The number of piperazine rings is 1. The molecule has 1 atom stereocenters. The van der Waals surface area contributed by atoms with E-state index in [1.54, 1.807) is 41.9 Å². The van der Waals surface area contributed by atoms with Gasteiger partial charge in [0.1, 0.15) is 5.75 Å². The molecule has 1 saturated heterocycles. The van der Waals surface area contributed by atoms with E-state index in [9.17, 15) is 8.42 Å². The van der Waals surface area contributed by atoms with Gasteiger partial charge in [0.15, 0.2) is 0 Å². The monoisotopic (exact) mass is 383 g/mol. The van der Waals surface area contributed by atoms with Gasteiger partial charge in [-0.25, -0.2) is 8.42 Å². The summed E-state index contributed by atoms with van der Waals surface area (Å²) in [5.41, 5.74) is 1.52. The van der Waals surface area contributed by atoms with Crippen molar-refractivity contribution in [1.82, 2.24) is 14.6 Å². The van der Waals surface area contributed by atoms with E-state index in [1.807, 2.05) is 30.3 Å². The molecule has 0 radical (unpaired) electrons. The van der Waals surface area contributed by atoms with Gasteiger partial charge in [-0.1, -0.05) is 24.3 Å². The number of pyridine rings is 1. The van der Waals surface area contributed by atoms with Crippen LogP contribution in [0.3, 0.4) is 0 Å². The van der Waals surface area contributed by atoms with Gasteiger partial charge in [-0.3, -0.25) is 4.98 Å². The molecule has 0 saturated carbocycles. The van der Waals surface area contributed by atoms with E-state index in [2.05, 4.69) is 10.3 Å². The molecule has 0 amide bonds. The van der Waals surface area contributed by atoms with Crippen LogP contribution < -0.4 is 10.1 Å². The highest BCUT2D eigenvalue weighted by molar-refractivity contribution is 7.89. The lowest BCUT2D eigenvalue weighted by atomic mass is 10.0. The summed E-state index contributed by atoms with van der Waals surface area (Å²) in [5.74, 6) is 0.686. The molecule has 1 fully saturated rings. The van der Waals surface area contributed by atoms with Gasteiger partial charge in [0.05, 0.1) is 23.6 Å². The van der Waals surface area contributed by atoms with Crippen LogP contribution in [0.4, 0.5) is 0 Å². The molecule has 1 aliphatic heterocycles. The highest BCUT2D eigenvalue weighted by Crippen LogP contribution is 2.35. The van der Waals surface area contributed by atoms with Crippen molar-refractivity contribution < 1.29 is 13.2 Å². The number of hydrogen-bond donors (Lipinski definition) is 1. The first-order valence-corrected chi connectivity index (χ1v) is 10.3. The predicted molar refractivity (Wildman–Crippen MR) is 104 cm³/mol. The first-order chi connectivity index (χ1) is 13.1. The lowest BCUT2D eigenvalue weighted by Gasteiger charge is -2.36. The van der Waals surface area contributed by atoms with Crippen molar-refractivity contribution in [3.63, 3.8) is 0 Å². The molecular weight excluding hydrogens is 362 g/mol. The summed E-state index contributed by atoms with van der Waals surface area (Å²) in [6.45, 7) is 1.53. The van der Waals surface area contributed by atoms with Crippen LogP contribution in [0, 0.1) is 0 Å². The summed E-state index contributed by atoms with van der Waals surface area (Å²) in [6.07, 6.45) is 1.67. The summed E-state index contributed by atoms with van der Waals surface area (Å²) >= 11 is 0. The Balaban J connectivity index is 1.83. The third kappa shape index (κ3) is 3.18. The average molecular weight is 383 g/mol. The Morgan fingerprint density at radius 1 is 1.11 bits per heavy atom. The zero-order valence-electron chi connectivity index (χ0n) is 15.0. The van der Waals surface area contributed by atoms with E-state index in [0.717, 1.165) is 5.56 Å². The smallest absolute Gasteiger partial charge is 0.244 e. The first kappa shape index (κ1) is 17.9. The SMILES string of the molecule is COc1ccccc1C1CNCCN1S(=O)(=O)c1cccc2ncccc12. The molecule has 6 nitrogen and oxygen atoms in total. The predicted octanol–water partition coefficient (Wildman–Crippen LogP) is 2.58. The number of hydrogen-bond acceptors (Lipinski definition) is 5. The third-order valence-electron chi connectivity index (χ3n) is 4.88. The average Bonchev–Trinajstić information content (AvgIpc) is 2.73. The Morgan fingerprint density at radius 3 is 2.81 bits per heavy atom. The van der Waals surface area contributed by atoms with Crippen molar-refractivity contribution in [2.24, 2.45) is 0 Å². The molecule has 1 aliphatic rings. The van der Waals surface area contributed by atoms with Gasteiger partial charge >= 0.3 is 0 Å². The summed E-state index contributed by atoms with van der Waals surface area (Å²) in [5, 5.41) is 3.94. The molecule has 4 rings (SSSR count). The van der Waals surface area contributed by atoms with Crippen molar-refractivity contribution >= 4 is 20.9 Å².